The molecule has 0 radical (unpaired) electrons. The smallest absolute Gasteiger partial charge is 0.267 e. The summed E-state index contributed by atoms with van der Waals surface area (Å²) >= 11 is 1.66. The van der Waals surface area contributed by atoms with Crippen LogP contribution in [-0.2, 0) is 6.54 Å². The number of nitrogens with zero attached hydrogens (tertiary/aromatic N) is 2. The Morgan fingerprint density at radius 3 is 2.82 bits per heavy atom. The number of imidazole rings is 1. The first-order valence-corrected chi connectivity index (χ1v) is 6.34. The normalized spacial score (nSPS) is 13.6. The average Bonchev–Trinajstić information content (AvgIpc) is 2.88. The molecule has 2 aromatic rings. The van der Waals surface area contributed by atoms with Crippen molar-refractivity contribution in [3.05, 3.63) is 36.0 Å². The van der Waals surface area contributed by atoms with E-state index in [-0.39, 0.29) is 0 Å². The first kappa shape index (κ1) is 10.4. The molecule has 17 heavy (non-hydrogen) atoms. The molecule has 4 nitrogen and oxygen atoms in total. The molecule has 86 valence electrons. The van der Waals surface area contributed by atoms with Gasteiger partial charge in [-0.05, 0) is 0 Å². The lowest BCUT2D eigenvalue weighted by atomic mass is 10.1. The Morgan fingerprint density at radius 1 is 1.35 bits per heavy atom. The Bertz CT molecular complexity index is 577. The third-order valence-electron chi connectivity index (χ3n) is 2.76. The van der Waals surface area contributed by atoms with Crippen LogP contribution < -0.4 is 5.73 Å². The van der Waals surface area contributed by atoms with Gasteiger partial charge in [-0.3, -0.25) is 4.79 Å². The summed E-state index contributed by atoms with van der Waals surface area (Å²) < 4.78 is 1.91. The summed E-state index contributed by atoms with van der Waals surface area (Å²) in [5.74, 6) is 0.544. The third-order valence-corrected chi connectivity index (χ3v) is 3.72. The van der Waals surface area contributed by atoms with Crippen LogP contribution in [0.15, 0.2) is 35.5 Å². The van der Waals surface area contributed by atoms with Crippen LogP contribution in [0.25, 0.3) is 11.3 Å². The fourth-order valence-corrected chi connectivity index (χ4v) is 2.98. The van der Waals surface area contributed by atoms with Crippen LogP contribution in [0.4, 0.5) is 0 Å². The van der Waals surface area contributed by atoms with E-state index in [9.17, 15) is 4.79 Å². The van der Waals surface area contributed by atoms with Crippen LogP contribution in [0.2, 0.25) is 0 Å². The predicted octanol–water partition coefficient (Wildman–Crippen LogP) is 1.75. The van der Waals surface area contributed by atoms with E-state index in [0.29, 0.717) is 11.4 Å². The van der Waals surface area contributed by atoms with Crippen molar-refractivity contribution in [1.29, 1.82) is 0 Å². The summed E-state index contributed by atoms with van der Waals surface area (Å²) in [6, 6.07) is 9.67. The Kier molecular flexibility index (Phi) is 2.40. The summed E-state index contributed by atoms with van der Waals surface area (Å²) in [5.41, 5.74) is 7.61. The monoisotopic (exact) mass is 245 g/mol. The highest BCUT2D eigenvalue weighted by molar-refractivity contribution is 7.99. The topological polar surface area (TPSA) is 60.9 Å². The van der Waals surface area contributed by atoms with Gasteiger partial charge < -0.3 is 10.3 Å². The van der Waals surface area contributed by atoms with Crippen molar-refractivity contribution in [3.63, 3.8) is 0 Å². The summed E-state index contributed by atoms with van der Waals surface area (Å²) in [6.45, 7) is 0.804. The zero-order chi connectivity index (χ0) is 11.8. The maximum Gasteiger partial charge on any atom is 0.267 e. The summed E-state index contributed by atoms with van der Waals surface area (Å²) in [6.07, 6.45) is 0. The number of thioether (sulfide) groups is 1. The van der Waals surface area contributed by atoms with Crippen molar-refractivity contribution in [3.8, 4) is 11.3 Å². The van der Waals surface area contributed by atoms with E-state index >= 15 is 0 Å². The van der Waals surface area contributed by atoms with Gasteiger partial charge in [0.05, 0.1) is 0 Å². The van der Waals surface area contributed by atoms with Gasteiger partial charge in [0, 0.05) is 17.9 Å². The number of carbonyl (C=O) groups is 1. The van der Waals surface area contributed by atoms with Gasteiger partial charge in [-0.15, -0.1) is 0 Å². The molecule has 0 saturated heterocycles. The number of nitrogens with two attached hydrogens (primary N) is 1. The minimum atomic E-state index is -0.412. The molecular formula is C12H11N3OS. The van der Waals surface area contributed by atoms with Crippen molar-refractivity contribution >= 4 is 17.7 Å². The minimum absolute atomic E-state index is 0.412. The Morgan fingerprint density at radius 2 is 2.12 bits per heavy atom. The summed E-state index contributed by atoms with van der Waals surface area (Å²) in [7, 11) is 0. The highest BCUT2D eigenvalue weighted by Crippen LogP contribution is 2.32. The molecule has 1 aliphatic heterocycles. The van der Waals surface area contributed by atoms with Gasteiger partial charge in [-0.2, -0.15) is 0 Å². The first-order valence-electron chi connectivity index (χ1n) is 5.36. The van der Waals surface area contributed by atoms with Crippen molar-refractivity contribution in [1.82, 2.24) is 9.55 Å². The number of amides is 1. The van der Waals surface area contributed by atoms with Gasteiger partial charge in [-0.1, -0.05) is 42.1 Å². The maximum absolute atomic E-state index is 11.6. The second-order valence-electron chi connectivity index (χ2n) is 3.82. The van der Waals surface area contributed by atoms with Gasteiger partial charge in [-0.25, -0.2) is 4.98 Å². The molecule has 3 rings (SSSR count). The standard InChI is InChI=1S/C12H11N3OS/c13-11(16)10-9(8-4-2-1-3-5-8)14-12-15(10)6-7-17-12/h1-5H,6-7H2,(H2,13,16). The molecule has 1 aromatic carbocycles. The fourth-order valence-electron chi connectivity index (χ4n) is 2.03. The molecule has 2 heterocycles. The number of aromatic nitrogens is 2. The van der Waals surface area contributed by atoms with Gasteiger partial charge in [0.2, 0.25) is 0 Å². The number of carbonyl (C=O) groups excluding carboxylic acids is 1. The van der Waals surface area contributed by atoms with E-state index in [1.165, 1.54) is 0 Å². The van der Waals surface area contributed by atoms with Crippen LogP contribution in [0, 0.1) is 0 Å². The third kappa shape index (κ3) is 1.63. The molecule has 0 bridgehead atoms. The quantitative estimate of drug-likeness (QED) is 0.877. The molecule has 0 unspecified atom stereocenters. The van der Waals surface area contributed by atoms with Gasteiger partial charge in [0.1, 0.15) is 11.4 Å². The number of rotatable bonds is 2. The molecule has 0 saturated carbocycles. The van der Waals surface area contributed by atoms with Gasteiger partial charge in [0.25, 0.3) is 5.91 Å². The summed E-state index contributed by atoms with van der Waals surface area (Å²) in [4.78, 5) is 16.1. The second kappa shape index (κ2) is 3.92. The lowest BCUT2D eigenvalue weighted by Crippen LogP contribution is -2.17. The maximum atomic E-state index is 11.6. The first-order chi connectivity index (χ1) is 8.27. The molecule has 1 amide bonds. The Hall–Kier alpha value is -1.75. The molecule has 0 aliphatic carbocycles. The van der Waals surface area contributed by atoms with Crippen LogP contribution in [-0.4, -0.2) is 21.2 Å². The average molecular weight is 245 g/mol. The highest BCUT2D eigenvalue weighted by atomic mass is 32.2. The molecule has 0 atom stereocenters. The molecule has 1 aromatic heterocycles. The molecular weight excluding hydrogens is 234 g/mol. The zero-order valence-corrected chi connectivity index (χ0v) is 9.91. The van der Waals surface area contributed by atoms with Gasteiger partial charge in [0.15, 0.2) is 5.16 Å². The van der Waals surface area contributed by atoms with Crippen molar-refractivity contribution in [2.24, 2.45) is 5.73 Å². The van der Waals surface area contributed by atoms with E-state index in [2.05, 4.69) is 4.98 Å². The van der Waals surface area contributed by atoms with E-state index in [1.54, 1.807) is 11.8 Å². The van der Waals surface area contributed by atoms with Gasteiger partial charge >= 0.3 is 0 Å². The minimum Gasteiger partial charge on any atom is -0.364 e. The number of benzene rings is 1. The molecule has 1 aliphatic rings. The molecule has 0 spiro atoms. The molecule has 5 heteroatoms. The highest BCUT2D eigenvalue weighted by Gasteiger charge is 2.25. The van der Waals surface area contributed by atoms with Crippen molar-refractivity contribution in [2.45, 2.75) is 11.7 Å². The fraction of sp³-hybridized carbons (Fsp3) is 0.167. The number of hydrogen-bond donors (Lipinski definition) is 1. The van der Waals surface area contributed by atoms with Crippen molar-refractivity contribution in [2.75, 3.05) is 5.75 Å². The SMILES string of the molecule is NC(=O)c1c(-c2ccccc2)nc2n1CCS2. The lowest BCUT2D eigenvalue weighted by molar-refractivity contribution is 0.0992. The van der Waals surface area contributed by atoms with E-state index in [4.69, 9.17) is 5.73 Å². The number of hydrogen-bond acceptors (Lipinski definition) is 3. The summed E-state index contributed by atoms with van der Waals surface area (Å²) in [5, 5.41) is 0.887. The van der Waals surface area contributed by atoms with Crippen LogP contribution in [0.5, 0.6) is 0 Å². The molecule has 0 fully saturated rings. The molecule has 2 N–H and O–H groups in total. The van der Waals surface area contributed by atoms with E-state index in [1.807, 2.05) is 34.9 Å². The van der Waals surface area contributed by atoms with Crippen LogP contribution in [0.3, 0.4) is 0 Å². The van der Waals surface area contributed by atoms with E-state index in [0.717, 1.165) is 23.0 Å². The van der Waals surface area contributed by atoms with Crippen LogP contribution in [0.1, 0.15) is 10.5 Å². The zero-order valence-electron chi connectivity index (χ0n) is 9.09. The second-order valence-corrected chi connectivity index (χ2v) is 4.88. The largest absolute Gasteiger partial charge is 0.364 e. The van der Waals surface area contributed by atoms with Crippen LogP contribution >= 0.6 is 11.8 Å². The Labute approximate surface area is 103 Å². The predicted molar refractivity (Wildman–Crippen MR) is 66.9 cm³/mol. The Balaban J connectivity index is 2.21. The number of fused-ring (bicyclic) bond motifs is 1. The van der Waals surface area contributed by atoms with E-state index < -0.39 is 5.91 Å². The van der Waals surface area contributed by atoms with Crippen molar-refractivity contribution < 1.29 is 4.79 Å². The lowest BCUT2D eigenvalue weighted by Gasteiger charge is -2.03. The number of primary amides is 1.